The fraction of sp³-hybridized carbons (Fsp3) is 0.293. The molecule has 5 heterocycles. The van der Waals surface area contributed by atoms with Gasteiger partial charge in [-0.05, 0) is 86.7 Å². The van der Waals surface area contributed by atoms with Crippen molar-refractivity contribution in [2.45, 2.75) is 66.1 Å². The molecule has 8 rings (SSSR count). The Morgan fingerprint density at radius 1 is 0.632 bits per heavy atom. The number of carbonyl (C=O) groups is 3. The molecule has 6 aromatic rings. The van der Waals surface area contributed by atoms with Crippen LogP contribution in [0.3, 0.4) is 0 Å². The Hall–Kier alpha value is -2.84. The van der Waals surface area contributed by atoms with Crippen molar-refractivity contribution in [1.82, 2.24) is 29.9 Å². The maximum atomic E-state index is 14.1. The van der Waals surface area contributed by atoms with Gasteiger partial charge in [0, 0.05) is 314 Å². The summed E-state index contributed by atoms with van der Waals surface area (Å²) >= 11 is 9.14. The third kappa shape index (κ3) is 34.6. The average molecular weight is 3190 g/mol. The summed E-state index contributed by atoms with van der Waals surface area (Å²) in [4.78, 5) is 98.0. The summed E-state index contributed by atoms with van der Waals surface area (Å²) in [6.45, 7) is 11.9. The number of rotatable bonds is 15. The topological polar surface area (TPSA) is 413 Å². The Morgan fingerprint density at radius 3 is 1.49 bits per heavy atom. The van der Waals surface area contributed by atoms with Crippen LogP contribution in [0.25, 0.3) is 0 Å². The Bertz CT molecular complexity index is 4150. The van der Waals surface area contributed by atoms with Crippen molar-refractivity contribution in [2.24, 2.45) is 0 Å². The zero-order valence-corrected chi connectivity index (χ0v) is 91.0. The number of anilines is 7. The van der Waals surface area contributed by atoms with Crippen molar-refractivity contribution in [3.05, 3.63) is 180 Å². The van der Waals surface area contributed by atoms with Crippen LogP contribution >= 0.6 is 0 Å². The molecule has 106 heavy (non-hydrogen) atoms. The number of amides is 3. The van der Waals surface area contributed by atoms with Crippen LogP contribution in [0.2, 0.25) is 0 Å². The quantitative estimate of drug-likeness (QED) is 0.0321. The Balaban J connectivity index is -0.000000268. The maximum absolute atomic E-state index is 14.1. The van der Waals surface area contributed by atoms with E-state index in [4.69, 9.17) is 54.5 Å². The van der Waals surface area contributed by atoms with Gasteiger partial charge in [0.05, 0.1) is 54.2 Å². The van der Waals surface area contributed by atoms with E-state index in [0.29, 0.717) is 42.4 Å². The van der Waals surface area contributed by atoms with Crippen molar-refractivity contribution in [2.75, 3.05) is 83.4 Å². The number of fused-ring (bicyclic) bond motifs is 8. The molecule has 0 spiro atoms. The van der Waals surface area contributed by atoms with E-state index in [0.717, 1.165) is 20.8 Å². The Kier molecular flexibility index (Phi) is 55.4. The minimum atomic E-state index is -0.916. The normalized spacial score (nSPS) is 12.2. The molecule has 2 aliphatic heterocycles. The van der Waals surface area contributed by atoms with Crippen LogP contribution in [-0.4, -0.2) is 109 Å². The maximum Gasteiger partial charge on any atom is 0.415 e. The molecule has 3 aromatic carbocycles. The number of nitrogens with zero attached hydrogens (tertiary/aromatic N) is 12. The number of nitrogen functional groups attached to an aromatic ring is 3. The standard InChI is InChI=1S/C20H23FN6O5.2C19H20FN5O5.S7.7U.4H2/c1-4-9-23-19-24-17(22)16(27(29)30)18(25-19)26(20(28)31-6-3)12-13-7-8-14(21)15(11-13)32-10-5-2;2*1-2-29-19(26)24-11-12-7-8-13(20)14(10-12)30-9-5-3-4-6-15-22-17(21)16(25(27)28)18(24)23-15;1-3-5-7-6-4-2;;;;;;;;;;;/h4-5,7-8,11H,1-2,6,9-10,12H2,3H3,(H3,22,23,24,25);2*3,5,7-8,10H,2,4,6,9,11H2,1H3,(H2,21,22,23);;;;;;;;;4*1H/b;5-3+;5-3-;;;;;;;;;;;;/i;;;;;;;;;;;3*1+2T;1+2. The second kappa shape index (κ2) is 58.1. The van der Waals surface area contributed by atoms with Gasteiger partial charge in [0.2, 0.25) is 40.9 Å². The fourth-order valence-corrected chi connectivity index (χ4v) is 16.6. The van der Waals surface area contributed by atoms with Crippen molar-refractivity contribution in [3.8, 4) is 17.2 Å². The van der Waals surface area contributed by atoms with E-state index in [1.807, 2.05) is 0 Å². The first kappa shape index (κ1) is 101. The summed E-state index contributed by atoms with van der Waals surface area (Å²) < 4.78 is 103. The third-order valence-corrected chi connectivity index (χ3v) is 21.4. The van der Waals surface area contributed by atoms with Gasteiger partial charge in [-0.25, -0.2) is 47.5 Å². The van der Waals surface area contributed by atoms with Crippen LogP contribution < -0.4 is 51.4 Å². The van der Waals surface area contributed by atoms with E-state index in [-0.39, 0.29) is 349 Å². The number of benzene rings is 3. The number of carbonyl (C=O) groups excluding carboxylic acids is 3. The smallest absolute Gasteiger partial charge is 0.415 e. The van der Waals surface area contributed by atoms with E-state index in [9.17, 15) is 57.9 Å². The number of nitrogens with two attached hydrogens (primary N) is 3. The summed E-state index contributed by atoms with van der Waals surface area (Å²) in [6.07, 6.45) is 8.97. The third-order valence-electron chi connectivity index (χ3n) is 12.5. The number of hydrogen-bond acceptors (Lipinski definition) is 27. The number of hydrogen-bond donors (Lipinski definition) is 4. The van der Waals surface area contributed by atoms with Gasteiger partial charge in [0.15, 0.2) is 34.7 Å². The summed E-state index contributed by atoms with van der Waals surface area (Å²) in [6, 6.07) is 12.0. The molecule has 31 nitrogen and oxygen atoms in total. The molecule has 0 fully saturated rings. The zero-order chi connectivity index (χ0) is 78.6. The molecule has 48 heteroatoms. The van der Waals surface area contributed by atoms with Crippen LogP contribution in [0.5, 0.6) is 17.2 Å². The monoisotopic (exact) mass is 3190 g/mol. The van der Waals surface area contributed by atoms with Gasteiger partial charge < -0.3 is 50.9 Å². The predicted molar refractivity (Wildman–Crippen MR) is 388 cm³/mol. The van der Waals surface area contributed by atoms with Crippen LogP contribution in [0.15, 0.2) is 104 Å². The molecule has 3 aromatic heterocycles. The molecule has 0 atom stereocenters. The van der Waals surface area contributed by atoms with Crippen LogP contribution in [0.4, 0.5) is 85.5 Å². The molecule has 0 radical (unpaired) electrons. The van der Waals surface area contributed by atoms with Gasteiger partial charge in [-0.3, -0.25) is 45.0 Å². The van der Waals surface area contributed by atoms with E-state index in [1.54, 1.807) is 71.7 Å². The van der Waals surface area contributed by atoms with Crippen molar-refractivity contribution in [3.63, 3.8) is 0 Å². The molecule has 7 N–H and O–H groups in total. The first-order valence-corrected chi connectivity index (χ1v) is 36.9. The minimum Gasteiger partial charge on any atom is -0.486 e. The second-order valence-corrected chi connectivity index (χ2v) is 28.0. The number of allylic oxidation sites excluding steroid dienone is 2. The predicted octanol–water partition coefficient (Wildman–Crippen LogP) is 10.7. The molecular weight excluding hydrogens is 3110 g/mol. The fourth-order valence-electron chi connectivity index (χ4n) is 8.38. The molecule has 3 amide bonds. The molecule has 0 aliphatic carbocycles. The second-order valence-electron chi connectivity index (χ2n) is 19.2. The Morgan fingerprint density at radius 2 is 1.08 bits per heavy atom. The first-order valence-electron chi connectivity index (χ1n) is 31.9. The van der Waals surface area contributed by atoms with E-state index in [2.05, 4.69) is 70.8 Å². The largest absolute Gasteiger partial charge is 0.486 e. The number of aromatic nitrogens is 6. The van der Waals surface area contributed by atoms with Crippen LogP contribution in [-0.2, 0) is 113 Å². The molecule has 0 saturated carbocycles. The first-order chi connectivity index (χ1) is 50.5. The number of ether oxygens (including phenoxy) is 6. The number of nitrogens with one attached hydrogen (secondary N) is 1. The van der Waals surface area contributed by atoms with Gasteiger partial charge in [-0.1, -0.05) is 61.2 Å². The summed E-state index contributed by atoms with van der Waals surface area (Å²) in [7, 11) is 7.36. The summed E-state index contributed by atoms with van der Waals surface area (Å²) in [5.74, 6) is -3.51. The van der Waals surface area contributed by atoms with Crippen molar-refractivity contribution >= 4 is 143 Å². The van der Waals surface area contributed by atoms with E-state index in [1.165, 1.54) is 78.4 Å². The summed E-state index contributed by atoms with van der Waals surface area (Å²) in [5, 5.41) is 37.7. The SMILES string of the molecule is C=CCNc1nc(N)c([N+](=O)[O-])c(N(Cc2ccc(F)c(OCC=C)c2)C(=O)OCC)n1.CCOC(=O)N1Cc2ccc(F)c(c2)OC/C=C/CCc2nc(N)c([N+](=O)[O-])c1n2.CCOC(=O)N1Cc2ccc(F)c(c2)OC/C=C\CCc2nc(N)c([N+](=O)[O-])c1n2.S=S=S=S=S=S=S.[3HH].[3H][3H].[3H][3H].[3H][3H].[U].[U].[U].[U].[U].[U].[U]. The van der Waals surface area contributed by atoms with Crippen molar-refractivity contribution in [1.29, 1.82) is 0 Å². The molecule has 0 saturated heterocycles. The average Bonchev–Trinajstić information content (AvgIpc) is 0.801. The van der Waals surface area contributed by atoms with Crippen LogP contribution in [0, 0.1) is 266 Å². The number of nitro groups is 3. The molecular formula is C58H71F3N16O15S7U7. The number of halogens is 3. The van der Waals surface area contributed by atoms with Gasteiger partial charge in [-0.15, -0.1) is 6.58 Å². The molecule has 0 unspecified atom stereocenters. The van der Waals surface area contributed by atoms with Crippen LogP contribution in [0.1, 0.15) is 72.3 Å². The molecule has 8 bridgehead atoms. The van der Waals surface area contributed by atoms with E-state index >= 15 is 0 Å². The van der Waals surface area contributed by atoms with Gasteiger partial charge in [0.25, 0.3) is 0 Å². The van der Waals surface area contributed by atoms with Gasteiger partial charge in [0.1, 0.15) is 31.5 Å². The minimum absolute atomic E-state index is 0. The van der Waals surface area contributed by atoms with Gasteiger partial charge >= 0.3 is 35.3 Å². The summed E-state index contributed by atoms with van der Waals surface area (Å²) in [5.41, 5.74) is 16.9. The van der Waals surface area contributed by atoms with Crippen molar-refractivity contribution < 1.29 is 299 Å². The Labute approximate surface area is 807 Å². The number of aryl methyl sites for hydroxylation is 2. The molecule has 564 valence electrons. The van der Waals surface area contributed by atoms with Gasteiger partial charge in [-0.2, -0.15) is 9.97 Å². The molecule has 2 aliphatic rings. The zero-order valence-electron chi connectivity index (χ0n) is 62.2. The van der Waals surface area contributed by atoms with E-state index < -0.39 is 73.4 Å².